The fraction of sp³-hybridized carbons (Fsp3) is 0.118. The van der Waals surface area contributed by atoms with Crippen molar-refractivity contribution in [1.29, 1.82) is 0 Å². The number of nitrogens with zero attached hydrogens (tertiary/aromatic N) is 7. The zero-order valence-corrected chi connectivity index (χ0v) is 17.9. The van der Waals surface area contributed by atoms with E-state index >= 15 is 0 Å². The lowest BCUT2D eigenvalue weighted by atomic mass is 10.2. The molecule has 32 heavy (non-hydrogen) atoms. The van der Waals surface area contributed by atoms with E-state index < -0.39 is 22.8 Å². The predicted molar refractivity (Wildman–Crippen MR) is 115 cm³/mol. The van der Waals surface area contributed by atoms with Gasteiger partial charge < -0.3 is 0 Å². The molecule has 2 aromatic heterocycles. The fourth-order valence-electron chi connectivity index (χ4n) is 2.49. The molecule has 3 aromatic rings. The summed E-state index contributed by atoms with van der Waals surface area (Å²) in [6, 6.07) is 4.94. The van der Waals surface area contributed by atoms with Gasteiger partial charge >= 0.3 is 6.18 Å². The second kappa shape index (κ2) is 9.54. The number of benzene rings is 1. The Morgan fingerprint density at radius 2 is 1.72 bits per heavy atom. The summed E-state index contributed by atoms with van der Waals surface area (Å²) in [4.78, 5) is 27.7. The highest BCUT2D eigenvalue weighted by atomic mass is 35.5. The molecule has 0 aliphatic heterocycles. The molecule has 0 radical (unpaired) electrons. The Bertz CT molecular complexity index is 1130. The van der Waals surface area contributed by atoms with Gasteiger partial charge in [-0.25, -0.2) is 15.0 Å². The molecule has 0 saturated carbocycles. The summed E-state index contributed by atoms with van der Waals surface area (Å²) < 4.78 is 40.2. The number of rotatable bonds is 5. The summed E-state index contributed by atoms with van der Waals surface area (Å²) in [6.45, 7) is -1.52. The molecular formula is C17H10Cl2F3N7O2S. The first-order valence-electron chi connectivity index (χ1n) is 8.43. The Morgan fingerprint density at radius 1 is 1.03 bits per heavy atom. The Morgan fingerprint density at radius 3 is 2.25 bits per heavy atom. The minimum atomic E-state index is -4.68. The van der Waals surface area contributed by atoms with Crippen LogP contribution in [-0.2, 0) is 0 Å². The van der Waals surface area contributed by atoms with Crippen molar-refractivity contribution >= 4 is 63.5 Å². The maximum atomic E-state index is 13.4. The molecule has 9 nitrogen and oxygen atoms in total. The molecule has 0 aliphatic carbocycles. The number of alkyl halides is 3. The number of hydrogen-bond acceptors (Lipinski definition) is 7. The average Bonchev–Trinajstić information content (AvgIpc) is 2.73. The highest BCUT2D eigenvalue weighted by Crippen LogP contribution is 2.30. The van der Waals surface area contributed by atoms with E-state index in [1.54, 1.807) is 0 Å². The summed E-state index contributed by atoms with van der Waals surface area (Å²) in [5.41, 5.74) is -0.0472. The van der Waals surface area contributed by atoms with Crippen LogP contribution in [0, 0.1) is 10.1 Å². The van der Waals surface area contributed by atoms with Gasteiger partial charge in [0.15, 0.2) is 16.7 Å². The van der Waals surface area contributed by atoms with E-state index in [1.165, 1.54) is 36.7 Å². The third kappa shape index (κ3) is 5.75. The third-order valence-electron chi connectivity index (χ3n) is 3.78. The van der Waals surface area contributed by atoms with E-state index in [9.17, 15) is 23.3 Å². The molecule has 15 heteroatoms. The molecule has 0 saturated heterocycles. The second-order valence-electron chi connectivity index (χ2n) is 5.99. The van der Waals surface area contributed by atoms with E-state index in [0.717, 1.165) is 17.3 Å². The van der Waals surface area contributed by atoms with Crippen molar-refractivity contribution in [2.24, 2.45) is 0 Å². The minimum absolute atomic E-state index is 0.00964. The molecule has 0 bridgehead atoms. The Labute approximate surface area is 193 Å². The molecule has 3 rings (SSSR count). The number of hydrogen-bond donors (Lipinski definition) is 0. The smallest absolute Gasteiger partial charge is 0.292 e. The summed E-state index contributed by atoms with van der Waals surface area (Å²) in [6.07, 6.45) is -0.109. The number of halogens is 5. The largest absolute Gasteiger partial charge is 0.406 e. The third-order valence-corrected chi connectivity index (χ3v) is 4.56. The molecule has 166 valence electrons. The molecule has 0 amide bonds. The summed E-state index contributed by atoms with van der Waals surface area (Å²) in [5, 5.41) is 10.5. The van der Waals surface area contributed by atoms with Crippen molar-refractivity contribution in [1.82, 2.24) is 19.9 Å². The van der Waals surface area contributed by atoms with E-state index in [4.69, 9.17) is 35.4 Å². The first kappa shape index (κ1) is 23.5. The number of aromatic nitrogens is 4. The van der Waals surface area contributed by atoms with Gasteiger partial charge in [0, 0.05) is 12.1 Å². The number of nitro benzene ring substituents is 1. The van der Waals surface area contributed by atoms with Crippen LogP contribution in [0.1, 0.15) is 0 Å². The highest BCUT2D eigenvalue weighted by molar-refractivity contribution is 7.80. The van der Waals surface area contributed by atoms with Crippen LogP contribution in [0.2, 0.25) is 10.3 Å². The Kier molecular flexibility index (Phi) is 7.01. The van der Waals surface area contributed by atoms with Crippen LogP contribution in [-0.4, -0.2) is 42.7 Å². The molecule has 0 N–H and O–H groups in total. The molecule has 1 aromatic carbocycles. The number of nitro groups is 1. The zero-order valence-electron chi connectivity index (χ0n) is 15.6. The lowest BCUT2D eigenvalue weighted by molar-refractivity contribution is -0.384. The van der Waals surface area contributed by atoms with Crippen LogP contribution in [0.3, 0.4) is 0 Å². The lowest BCUT2D eigenvalue weighted by Crippen LogP contribution is -2.46. The van der Waals surface area contributed by atoms with Gasteiger partial charge in [-0.15, -0.1) is 0 Å². The van der Waals surface area contributed by atoms with Gasteiger partial charge in [-0.05, 0) is 24.4 Å². The van der Waals surface area contributed by atoms with E-state index in [-0.39, 0.29) is 33.3 Å². The SMILES string of the molecule is O=[N+]([O-])c1ccc(N(C(=S)N(CC(F)(F)F)c2cncc(Cl)n2)c2cnc(Cl)cn2)cc1. The van der Waals surface area contributed by atoms with Gasteiger partial charge in [-0.2, -0.15) is 13.2 Å². The van der Waals surface area contributed by atoms with E-state index in [2.05, 4.69) is 19.9 Å². The zero-order chi connectivity index (χ0) is 23.5. The lowest BCUT2D eigenvalue weighted by Gasteiger charge is -2.32. The second-order valence-corrected chi connectivity index (χ2v) is 7.13. The average molecular weight is 504 g/mol. The molecule has 0 unspecified atom stereocenters. The molecular weight excluding hydrogens is 494 g/mol. The van der Waals surface area contributed by atoms with Gasteiger partial charge in [0.1, 0.15) is 16.9 Å². The van der Waals surface area contributed by atoms with Gasteiger partial charge in [-0.3, -0.25) is 24.9 Å². The monoisotopic (exact) mass is 503 g/mol. The predicted octanol–water partition coefficient (Wildman–Crippen LogP) is 4.97. The van der Waals surface area contributed by atoms with Crippen LogP contribution in [0.5, 0.6) is 0 Å². The standard InChI is InChI=1S/C17H10Cl2F3N7O2S/c18-12-6-25-14(8-24-12)28(10-1-3-11(4-2-10)29(30)31)16(32)27(9-17(20,21)22)15-7-23-5-13(19)26-15/h1-8H,9H2. The Hall–Kier alpha value is -3.16. The quantitative estimate of drug-likeness (QED) is 0.271. The summed E-state index contributed by atoms with van der Waals surface area (Å²) in [5.74, 6) is -0.260. The fourth-order valence-corrected chi connectivity index (χ4v) is 3.09. The van der Waals surface area contributed by atoms with Crippen molar-refractivity contribution in [2.45, 2.75) is 6.18 Å². The number of non-ortho nitro benzene ring substituents is 1. The maximum Gasteiger partial charge on any atom is 0.406 e. The first-order chi connectivity index (χ1) is 15.0. The van der Waals surface area contributed by atoms with Gasteiger partial charge in [0.05, 0.1) is 35.4 Å². The molecule has 2 heterocycles. The molecule has 0 aliphatic rings. The highest BCUT2D eigenvalue weighted by Gasteiger charge is 2.36. The molecule has 0 spiro atoms. The summed E-state index contributed by atoms with van der Waals surface area (Å²) >= 11 is 17.0. The van der Waals surface area contributed by atoms with Crippen molar-refractivity contribution in [2.75, 3.05) is 16.3 Å². The van der Waals surface area contributed by atoms with Crippen molar-refractivity contribution in [3.63, 3.8) is 0 Å². The normalized spacial score (nSPS) is 11.2. The van der Waals surface area contributed by atoms with E-state index in [1.807, 2.05) is 0 Å². The molecule has 0 atom stereocenters. The van der Waals surface area contributed by atoms with Gasteiger partial charge in [-0.1, -0.05) is 23.2 Å². The number of anilines is 3. The Balaban J connectivity index is 2.12. The van der Waals surface area contributed by atoms with Crippen LogP contribution in [0.4, 0.5) is 36.2 Å². The minimum Gasteiger partial charge on any atom is -0.292 e. The van der Waals surface area contributed by atoms with Crippen LogP contribution >= 0.6 is 35.4 Å². The topological polar surface area (TPSA) is 101 Å². The summed E-state index contributed by atoms with van der Waals surface area (Å²) in [7, 11) is 0. The van der Waals surface area contributed by atoms with Crippen molar-refractivity contribution in [3.05, 3.63) is 69.5 Å². The van der Waals surface area contributed by atoms with Gasteiger partial charge in [0.2, 0.25) is 0 Å². The molecule has 0 fully saturated rings. The van der Waals surface area contributed by atoms with Crippen LogP contribution < -0.4 is 9.80 Å². The van der Waals surface area contributed by atoms with Crippen molar-refractivity contribution < 1.29 is 18.1 Å². The van der Waals surface area contributed by atoms with Crippen LogP contribution in [0.25, 0.3) is 0 Å². The first-order valence-corrected chi connectivity index (χ1v) is 9.59. The van der Waals surface area contributed by atoms with Gasteiger partial charge in [0.25, 0.3) is 5.69 Å². The van der Waals surface area contributed by atoms with Crippen LogP contribution in [0.15, 0.2) is 49.1 Å². The maximum absolute atomic E-state index is 13.4. The number of thiocarbonyl (C=S) groups is 1. The van der Waals surface area contributed by atoms with Crippen molar-refractivity contribution in [3.8, 4) is 0 Å². The van der Waals surface area contributed by atoms with E-state index in [0.29, 0.717) is 4.90 Å².